The maximum absolute atomic E-state index is 12.7. The SMILES string of the molecule is CC(C)n1nccc1NC(=O)COC(=O)c1ccccc1NS(=O)(=O)c1cccc([N+](=O)[O-])c1. The van der Waals surface area contributed by atoms with E-state index in [0.29, 0.717) is 5.82 Å². The van der Waals surface area contributed by atoms with E-state index in [1.807, 2.05) is 13.8 Å². The summed E-state index contributed by atoms with van der Waals surface area (Å²) in [6.07, 6.45) is 1.52. The largest absolute Gasteiger partial charge is 0.452 e. The Hall–Kier alpha value is -4.26. The van der Waals surface area contributed by atoms with Gasteiger partial charge in [0.2, 0.25) is 0 Å². The molecule has 0 radical (unpaired) electrons. The normalized spacial score (nSPS) is 11.1. The summed E-state index contributed by atoms with van der Waals surface area (Å²) in [5, 5.41) is 17.6. The van der Waals surface area contributed by atoms with Crippen LogP contribution in [0.3, 0.4) is 0 Å². The van der Waals surface area contributed by atoms with Gasteiger partial charge < -0.3 is 10.1 Å². The first kappa shape index (κ1) is 24.4. The summed E-state index contributed by atoms with van der Waals surface area (Å²) < 4.78 is 34.3. The Labute approximate surface area is 194 Å². The van der Waals surface area contributed by atoms with Gasteiger partial charge in [-0.05, 0) is 32.0 Å². The second-order valence-corrected chi connectivity index (χ2v) is 8.97. The van der Waals surface area contributed by atoms with Crippen molar-refractivity contribution in [3.8, 4) is 0 Å². The lowest BCUT2D eigenvalue weighted by molar-refractivity contribution is -0.385. The number of anilines is 2. The number of carbonyl (C=O) groups excluding carboxylic acids is 2. The number of nitro groups is 1. The topological polar surface area (TPSA) is 163 Å². The summed E-state index contributed by atoms with van der Waals surface area (Å²) in [5.74, 6) is -1.11. The summed E-state index contributed by atoms with van der Waals surface area (Å²) in [4.78, 5) is 34.7. The molecule has 13 heteroatoms. The average Bonchev–Trinajstić information content (AvgIpc) is 3.26. The third-order valence-electron chi connectivity index (χ3n) is 4.49. The molecule has 0 fully saturated rings. The molecule has 0 atom stereocenters. The summed E-state index contributed by atoms with van der Waals surface area (Å²) in [6, 6.07) is 11.7. The number of carbonyl (C=O) groups is 2. The molecular weight excluding hydrogens is 466 g/mol. The van der Waals surface area contributed by atoms with Crippen molar-refractivity contribution in [1.82, 2.24) is 9.78 Å². The zero-order chi connectivity index (χ0) is 24.9. The number of esters is 1. The van der Waals surface area contributed by atoms with Gasteiger partial charge in [0.25, 0.3) is 21.6 Å². The zero-order valence-electron chi connectivity index (χ0n) is 18.2. The average molecular weight is 487 g/mol. The summed E-state index contributed by atoms with van der Waals surface area (Å²) in [7, 11) is -4.26. The van der Waals surface area contributed by atoms with E-state index in [9.17, 15) is 28.1 Å². The Morgan fingerprint density at radius 3 is 2.59 bits per heavy atom. The standard InChI is InChI=1S/C21H21N5O7S/c1-14(2)25-19(10-11-22-25)23-20(27)13-33-21(28)17-8-3-4-9-18(17)24-34(31,32)16-7-5-6-15(12-16)26(29)30/h3-12,14,24H,13H2,1-2H3,(H,23,27). The molecule has 1 aromatic heterocycles. The van der Waals surface area contributed by atoms with Gasteiger partial charge in [0.1, 0.15) is 5.82 Å². The van der Waals surface area contributed by atoms with Crippen molar-refractivity contribution in [2.24, 2.45) is 0 Å². The van der Waals surface area contributed by atoms with Crippen molar-refractivity contribution >= 4 is 39.1 Å². The number of hydrogen-bond donors (Lipinski definition) is 2. The molecule has 0 aliphatic rings. The van der Waals surface area contributed by atoms with Crippen LogP contribution in [0.15, 0.2) is 65.7 Å². The Bertz CT molecular complexity index is 1330. The lowest BCUT2D eigenvalue weighted by atomic mass is 10.2. The monoisotopic (exact) mass is 487 g/mol. The van der Waals surface area contributed by atoms with E-state index in [0.717, 1.165) is 12.1 Å². The van der Waals surface area contributed by atoms with Gasteiger partial charge in [-0.25, -0.2) is 17.9 Å². The molecule has 3 aromatic rings. The number of ether oxygens (including phenoxy) is 1. The fourth-order valence-corrected chi connectivity index (χ4v) is 4.05. The molecule has 1 amide bonds. The molecule has 0 spiro atoms. The zero-order valence-corrected chi connectivity index (χ0v) is 19.0. The Morgan fingerprint density at radius 1 is 1.15 bits per heavy atom. The summed E-state index contributed by atoms with van der Waals surface area (Å²) >= 11 is 0. The number of hydrogen-bond acceptors (Lipinski definition) is 8. The highest BCUT2D eigenvalue weighted by Crippen LogP contribution is 2.23. The second-order valence-electron chi connectivity index (χ2n) is 7.28. The molecule has 178 valence electrons. The Balaban J connectivity index is 1.71. The van der Waals surface area contributed by atoms with Crippen LogP contribution in [0.25, 0.3) is 0 Å². The predicted molar refractivity (Wildman–Crippen MR) is 122 cm³/mol. The van der Waals surface area contributed by atoms with Crippen molar-refractivity contribution in [2.45, 2.75) is 24.8 Å². The first-order valence-corrected chi connectivity index (χ1v) is 11.4. The third kappa shape index (κ3) is 5.75. The summed E-state index contributed by atoms with van der Waals surface area (Å²) in [6.45, 7) is 3.15. The third-order valence-corrected chi connectivity index (χ3v) is 5.85. The van der Waals surface area contributed by atoms with Gasteiger partial charge in [-0.3, -0.25) is 19.6 Å². The first-order valence-electron chi connectivity index (χ1n) is 9.95. The van der Waals surface area contributed by atoms with Crippen LogP contribution in [0.1, 0.15) is 30.2 Å². The van der Waals surface area contributed by atoms with E-state index in [-0.39, 0.29) is 22.2 Å². The molecular formula is C21H21N5O7S. The smallest absolute Gasteiger partial charge is 0.340 e. The number of benzene rings is 2. The minimum absolute atomic E-state index is 0.00111. The van der Waals surface area contributed by atoms with Gasteiger partial charge in [0.05, 0.1) is 27.3 Å². The number of rotatable bonds is 9. The van der Waals surface area contributed by atoms with Crippen LogP contribution in [0, 0.1) is 10.1 Å². The van der Waals surface area contributed by atoms with Crippen LogP contribution in [0.2, 0.25) is 0 Å². The summed E-state index contributed by atoms with van der Waals surface area (Å²) in [5.41, 5.74) is -0.658. The minimum Gasteiger partial charge on any atom is -0.452 e. The van der Waals surface area contributed by atoms with Gasteiger partial charge in [0, 0.05) is 24.2 Å². The minimum atomic E-state index is -4.26. The predicted octanol–water partition coefficient (Wildman–Crippen LogP) is 2.97. The molecule has 0 saturated carbocycles. The number of nitrogens with zero attached hydrogens (tertiary/aromatic N) is 3. The molecule has 34 heavy (non-hydrogen) atoms. The number of aromatic nitrogens is 2. The van der Waals surface area contributed by atoms with Gasteiger partial charge in [-0.15, -0.1) is 0 Å². The molecule has 0 bridgehead atoms. The van der Waals surface area contributed by atoms with E-state index in [1.165, 1.54) is 42.6 Å². The molecule has 0 aliphatic heterocycles. The molecule has 1 heterocycles. The van der Waals surface area contributed by atoms with Crippen LogP contribution in [-0.4, -0.2) is 41.6 Å². The van der Waals surface area contributed by atoms with Crippen LogP contribution >= 0.6 is 0 Å². The fourth-order valence-electron chi connectivity index (χ4n) is 2.93. The highest BCUT2D eigenvalue weighted by molar-refractivity contribution is 7.92. The van der Waals surface area contributed by atoms with Crippen molar-refractivity contribution in [1.29, 1.82) is 0 Å². The number of para-hydroxylation sites is 1. The number of nitro benzene ring substituents is 1. The lowest BCUT2D eigenvalue weighted by Gasteiger charge is -2.13. The Kier molecular flexibility index (Phi) is 7.26. The van der Waals surface area contributed by atoms with Crippen molar-refractivity contribution < 1.29 is 27.7 Å². The van der Waals surface area contributed by atoms with Crippen molar-refractivity contribution in [3.05, 3.63) is 76.5 Å². The Morgan fingerprint density at radius 2 is 1.88 bits per heavy atom. The molecule has 12 nitrogen and oxygen atoms in total. The van der Waals surface area contributed by atoms with Gasteiger partial charge in [0.15, 0.2) is 6.61 Å². The van der Waals surface area contributed by atoms with Crippen LogP contribution in [-0.2, 0) is 19.6 Å². The number of nitrogens with one attached hydrogen (secondary N) is 2. The second kappa shape index (κ2) is 10.1. The highest BCUT2D eigenvalue weighted by Gasteiger charge is 2.22. The molecule has 2 aromatic carbocycles. The lowest BCUT2D eigenvalue weighted by Crippen LogP contribution is -2.23. The van der Waals surface area contributed by atoms with Gasteiger partial charge in [-0.2, -0.15) is 5.10 Å². The van der Waals surface area contributed by atoms with Gasteiger partial charge >= 0.3 is 5.97 Å². The maximum Gasteiger partial charge on any atom is 0.340 e. The number of amides is 1. The van der Waals surface area contributed by atoms with Gasteiger partial charge in [-0.1, -0.05) is 18.2 Å². The van der Waals surface area contributed by atoms with E-state index in [4.69, 9.17) is 4.74 Å². The van der Waals surface area contributed by atoms with Crippen molar-refractivity contribution in [2.75, 3.05) is 16.6 Å². The van der Waals surface area contributed by atoms with E-state index in [2.05, 4.69) is 15.1 Å². The van der Waals surface area contributed by atoms with Crippen LogP contribution < -0.4 is 10.0 Å². The first-order chi connectivity index (χ1) is 16.1. The highest BCUT2D eigenvalue weighted by atomic mass is 32.2. The number of non-ortho nitro benzene ring substituents is 1. The molecule has 0 saturated heterocycles. The van der Waals surface area contributed by atoms with Crippen LogP contribution in [0.4, 0.5) is 17.2 Å². The van der Waals surface area contributed by atoms with Crippen LogP contribution in [0.5, 0.6) is 0 Å². The molecule has 0 aliphatic carbocycles. The number of sulfonamides is 1. The molecule has 2 N–H and O–H groups in total. The van der Waals surface area contributed by atoms with E-state index >= 15 is 0 Å². The quantitative estimate of drug-likeness (QED) is 0.264. The molecule has 3 rings (SSSR count). The van der Waals surface area contributed by atoms with Crippen molar-refractivity contribution in [3.63, 3.8) is 0 Å². The molecule has 0 unspecified atom stereocenters. The van der Waals surface area contributed by atoms with E-state index in [1.54, 1.807) is 10.7 Å². The fraction of sp³-hybridized carbons (Fsp3) is 0.190. The maximum atomic E-state index is 12.7. The van der Waals surface area contributed by atoms with E-state index < -0.39 is 39.1 Å².